The molecule has 0 aliphatic rings. The minimum Gasteiger partial charge on any atom is -0.506 e. The summed E-state index contributed by atoms with van der Waals surface area (Å²) in [6.07, 6.45) is 1.29. The summed E-state index contributed by atoms with van der Waals surface area (Å²) in [5.41, 5.74) is 3.14. The summed E-state index contributed by atoms with van der Waals surface area (Å²) >= 11 is 3.05. The number of carbonyl (C=O) groups excluding carboxylic acids is 1. The molecule has 0 bridgehead atoms. The molecule has 8 heteroatoms. The first-order chi connectivity index (χ1) is 13.0. The molecule has 3 aromatic rings. The number of nitro benzene ring substituents is 1. The Morgan fingerprint density at radius 2 is 1.96 bits per heavy atom. The summed E-state index contributed by atoms with van der Waals surface area (Å²) in [5.74, 6) is -0.542. The topological polar surface area (TPSA) is 105 Å². The summed E-state index contributed by atoms with van der Waals surface area (Å²) in [4.78, 5) is 22.5. The van der Waals surface area contributed by atoms with E-state index < -0.39 is 4.92 Å². The third-order valence-electron chi connectivity index (χ3n) is 3.91. The minimum atomic E-state index is -0.583. The van der Waals surface area contributed by atoms with E-state index in [0.717, 1.165) is 22.6 Å². The molecule has 0 saturated heterocycles. The normalized spacial score (nSPS) is 11.0. The number of hydrogen-bond donors (Lipinski definition) is 2. The number of nitro groups is 1. The highest BCUT2D eigenvalue weighted by Crippen LogP contribution is 2.31. The zero-order valence-corrected chi connectivity index (χ0v) is 15.5. The van der Waals surface area contributed by atoms with E-state index >= 15 is 0 Å². The SMILES string of the molecule is O=C(Cc1cccc2ccccc12)N/N=C\c1cc([N+](=O)[O-])cc(Br)c1O. The van der Waals surface area contributed by atoms with Crippen molar-refractivity contribution >= 4 is 44.5 Å². The van der Waals surface area contributed by atoms with Crippen LogP contribution in [0.1, 0.15) is 11.1 Å². The Kier molecular flexibility index (Phi) is 5.46. The van der Waals surface area contributed by atoms with Gasteiger partial charge >= 0.3 is 0 Å². The lowest BCUT2D eigenvalue weighted by Gasteiger charge is -2.06. The lowest BCUT2D eigenvalue weighted by molar-refractivity contribution is -0.385. The van der Waals surface area contributed by atoms with Gasteiger partial charge in [-0.3, -0.25) is 14.9 Å². The van der Waals surface area contributed by atoms with Crippen LogP contribution < -0.4 is 5.43 Å². The second-order valence-corrected chi connectivity index (χ2v) is 6.59. The van der Waals surface area contributed by atoms with E-state index in [-0.39, 0.29) is 33.8 Å². The molecule has 0 saturated carbocycles. The van der Waals surface area contributed by atoms with Gasteiger partial charge in [0.1, 0.15) is 5.75 Å². The smallest absolute Gasteiger partial charge is 0.271 e. The Morgan fingerprint density at radius 1 is 1.22 bits per heavy atom. The molecule has 27 heavy (non-hydrogen) atoms. The van der Waals surface area contributed by atoms with Crippen LogP contribution in [-0.4, -0.2) is 22.2 Å². The van der Waals surface area contributed by atoms with Crippen LogP contribution in [0, 0.1) is 10.1 Å². The maximum absolute atomic E-state index is 12.2. The molecule has 3 aromatic carbocycles. The largest absolute Gasteiger partial charge is 0.506 e. The molecule has 136 valence electrons. The van der Waals surface area contributed by atoms with Crippen molar-refractivity contribution in [3.8, 4) is 5.75 Å². The van der Waals surface area contributed by atoms with Crippen LogP contribution >= 0.6 is 15.9 Å². The summed E-state index contributed by atoms with van der Waals surface area (Å²) < 4.78 is 0.167. The molecule has 0 radical (unpaired) electrons. The molecule has 0 atom stereocenters. The van der Waals surface area contributed by atoms with Crippen LogP contribution in [0.25, 0.3) is 10.8 Å². The highest BCUT2D eigenvalue weighted by molar-refractivity contribution is 9.10. The molecule has 0 heterocycles. The average molecular weight is 428 g/mol. The van der Waals surface area contributed by atoms with E-state index in [4.69, 9.17) is 0 Å². The highest BCUT2D eigenvalue weighted by atomic mass is 79.9. The molecule has 3 rings (SSSR count). The van der Waals surface area contributed by atoms with Gasteiger partial charge in [-0.25, -0.2) is 5.43 Å². The van der Waals surface area contributed by atoms with E-state index in [1.807, 2.05) is 42.5 Å². The quantitative estimate of drug-likeness (QED) is 0.365. The van der Waals surface area contributed by atoms with E-state index in [0.29, 0.717) is 0 Å². The summed E-state index contributed by atoms with van der Waals surface area (Å²) in [6.45, 7) is 0. The Balaban J connectivity index is 1.73. The van der Waals surface area contributed by atoms with Gasteiger partial charge in [0.2, 0.25) is 5.91 Å². The number of halogens is 1. The van der Waals surface area contributed by atoms with Gasteiger partial charge in [-0.1, -0.05) is 42.5 Å². The number of amides is 1. The first-order valence-corrected chi connectivity index (χ1v) is 8.70. The molecular formula is C19H14BrN3O4. The molecule has 0 unspecified atom stereocenters. The molecule has 0 aromatic heterocycles. The monoisotopic (exact) mass is 427 g/mol. The van der Waals surface area contributed by atoms with E-state index in [1.165, 1.54) is 12.1 Å². The van der Waals surface area contributed by atoms with Crippen LogP contribution in [0.4, 0.5) is 5.69 Å². The molecule has 0 aliphatic heterocycles. The number of hydrogen-bond acceptors (Lipinski definition) is 5. The van der Waals surface area contributed by atoms with Crippen LogP contribution in [0.15, 0.2) is 64.2 Å². The van der Waals surface area contributed by atoms with Crippen molar-refractivity contribution in [2.24, 2.45) is 5.10 Å². The maximum Gasteiger partial charge on any atom is 0.271 e. The number of aromatic hydroxyl groups is 1. The maximum atomic E-state index is 12.2. The third-order valence-corrected chi connectivity index (χ3v) is 4.52. The van der Waals surface area contributed by atoms with Gasteiger partial charge < -0.3 is 5.11 Å². The number of nitrogens with zero attached hydrogens (tertiary/aromatic N) is 2. The number of fused-ring (bicyclic) bond motifs is 1. The van der Waals surface area contributed by atoms with Crippen LogP contribution in [-0.2, 0) is 11.2 Å². The van der Waals surface area contributed by atoms with Gasteiger partial charge in [-0.15, -0.1) is 0 Å². The van der Waals surface area contributed by atoms with Gasteiger partial charge in [0.15, 0.2) is 0 Å². The molecule has 7 nitrogen and oxygen atoms in total. The zero-order valence-electron chi connectivity index (χ0n) is 13.9. The highest BCUT2D eigenvalue weighted by Gasteiger charge is 2.13. The van der Waals surface area contributed by atoms with Gasteiger partial charge in [-0.2, -0.15) is 5.10 Å². The minimum absolute atomic E-state index is 0.113. The fraction of sp³-hybridized carbons (Fsp3) is 0.0526. The van der Waals surface area contributed by atoms with Crippen molar-refractivity contribution in [2.75, 3.05) is 0 Å². The summed E-state index contributed by atoms with van der Waals surface area (Å²) in [6, 6.07) is 15.8. The second-order valence-electron chi connectivity index (χ2n) is 5.73. The number of non-ortho nitro benzene ring substituents is 1. The van der Waals surface area contributed by atoms with Crippen LogP contribution in [0.5, 0.6) is 5.75 Å². The molecule has 0 aliphatic carbocycles. The summed E-state index contributed by atoms with van der Waals surface area (Å²) in [5, 5.41) is 26.7. The molecule has 1 amide bonds. The predicted molar refractivity (Wildman–Crippen MR) is 106 cm³/mol. The third kappa shape index (κ3) is 4.29. The Bertz CT molecular complexity index is 1060. The molecule has 0 spiro atoms. The van der Waals surface area contributed by atoms with E-state index in [9.17, 15) is 20.0 Å². The lowest BCUT2D eigenvalue weighted by atomic mass is 10.0. The summed E-state index contributed by atoms with van der Waals surface area (Å²) in [7, 11) is 0. The fourth-order valence-electron chi connectivity index (χ4n) is 2.64. The number of benzene rings is 3. The molecular weight excluding hydrogens is 414 g/mol. The van der Waals surface area contributed by atoms with Crippen LogP contribution in [0.2, 0.25) is 0 Å². The van der Waals surface area contributed by atoms with E-state index in [2.05, 4.69) is 26.5 Å². The number of phenols is 1. The average Bonchev–Trinajstić information content (AvgIpc) is 2.65. The predicted octanol–water partition coefficient (Wildman–Crippen LogP) is 3.91. The van der Waals surface area contributed by atoms with Gasteiger partial charge in [-0.05, 0) is 32.3 Å². The van der Waals surface area contributed by atoms with Crippen molar-refractivity contribution < 1.29 is 14.8 Å². The van der Waals surface area contributed by atoms with Crippen molar-refractivity contribution in [1.29, 1.82) is 0 Å². The van der Waals surface area contributed by atoms with Crippen LogP contribution in [0.3, 0.4) is 0 Å². The number of carbonyl (C=O) groups is 1. The van der Waals surface area contributed by atoms with Crippen molar-refractivity contribution in [3.05, 3.63) is 80.3 Å². The van der Waals surface area contributed by atoms with Gasteiger partial charge in [0, 0.05) is 17.7 Å². The van der Waals surface area contributed by atoms with Crippen molar-refractivity contribution in [1.82, 2.24) is 5.43 Å². The first kappa shape index (κ1) is 18.5. The Hall–Kier alpha value is -3.26. The number of rotatable bonds is 5. The first-order valence-electron chi connectivity index (χ1n) is 7.91. The van der Waals surface area contributed by atoms with Crippen molar-refractivity contribution in [2.45, 2.75) is 6.42 Å². The second kappa shape index (κ2) is 7.96. The van der Waals surface area contributed by atoms with Gasteiger partial charge in [0.05, 0.1) is 22.0 Å². The number of nitrogens with one attached hydrogen (secondary N) is 1. The number of phenolic OH excluding ortho intramolecular Hbond substituents is 1. The Morgan fingerprint density at radius 3 is 2.74 bits per heavy atom. The standard InChI is InChI=1S/C19H14BrN3O4/c20-17-10-15(23(26)27)8-14(19(17)25)11-21-22-18(24)9-13-6-3-5-12-4-1-2-7-16(12)13/h1-8,10-11,25H,9H2,(H,22,24)/b21-11-. The van der Waals surface area contributed by atoms with E-state index in [1.54, 1.807) is 0 Å². The zero-order chi connectivity index (χ0) is 19.4. The Labute approximate surface area is 162 Å². The molecule has 0 fully saturated rings. The van der Waals surface area contributed by atoms with Gasteiger partial charge in [0.25, 0.3) is 5.69 Å². The lowest BCUT2D eigenvalue weighted by Crippen LogP contribution is -2.19. The van der Waals surface area contributed by atoms with Crippen molar-refractivity contribution in [3.63, 3.8) is 0 Å². The molecule has 2 N–H and O–H groups in total. The fourth-order valence-corrected chi connectivity index (χ4v) is 3.11. The number of hydrazone groups is 1.